The Hall–Kier alpha value is -2.72. The lowest BCUT2D eigenvalue weighted by molar-refractivity contribution is -0.113. The summed E-state index contributed by atoms with van der Waals surface area (Å²) in [5, 5.41) is 14.8. The van der Waals surface area contributed by atoms with Gasteiger partial charge in [0.15, 0.2) is 10.8 Å². The van der Waals surface area contributed by atoms with Crippen molar-refractivity contribution in [3.05, 3.63) is 29.8 Å². The van der Waals surface area contributed by atoms with Gasteiger partial charge in [-0.1, -0.05) is 11.8 Å². The fraction of sp³-hybridized carbons (Fsp3) is 0.188. The minimum atomic E-state index is -0.161. The van der Waals surface area contributed by atoms with Crippen LogP contribution in [0.4, 0.5) is 5.13 Å². The van der Waals surface area contributed by atoms with Crippen molar-refractivity contribution >= 4 is 56.2 Å². The number of fused-ring (bicyclic) bond motifs is 3. The van der Waals surface area contributed by atoms with Gasteiger partial charge in [0.05, 0.1) is 12.4 Å². The van der Waals surface area contributed by atoms with E-state index in [2.05, 4.69) is 30.5 Å². The van der Waals surface area contributed by atoms with Crippen molar-refractivity contribution in [1.29, 1.82) is 0 Å². The van der Waals surface area contributed by atoms with Crippen LogP contribution in [-0.2, 0) is 4.79 Å². The Balaban J connectivity index is 1.52. The molecular formula is C16H14N6O2S2. The number of hydrogen-bond donors (Lipinski definition) is 2. The molecule has 132 valence electrons. The first-order chi connectivity index (χ1) is 12.7. The summed E-state index contributed by atoms with van der Waals surface area (Å²) in [5.74, 6) is 0.799. The second-order valence-electron chi connectivity index (χ2n) is 5.23. The number of rotatable bonds is 6. The molecule has 1 aromatic carbocycles. The molecule has 0 aliphatic carbocycles. The third-order valence-electron chi connectivity index (χ3n) is 3.49. The zero-order chi connectivity index (χ0) is 17.9. The summed E-state index contributed by atoms with van der Waals surface area (Å²) < 4.78 is 5.53. The molecule has 2 N–H and O–H groups in total. The summed E-state index contributed by atoms with van der Waals surface area (Å²) in [6.07, 6.45) is 1.64. The number of amides is 1. The maximum Gasteiger partial charge on any atom is 0.236 e. The maximum atomic E-state index is 11.9. The molecule has 3 aromatic heterocycles. The molecule has 26 heavy (non-hydrogen) atoms. The van der Waals surface area contributed by atoms with E-state index >= 15 is 0 Å². The molecule has 3 heterocycles. The molecule has 8 nitrogen and oxygen atoms in total. The quantitative estimate of drug-likeness (QED) is 0.491. The zero-order valence-corrected chi connectivity index (χ0v) is 15.4. The zero-order valence-electron chi connectivity index (χ0n) is 13.7. The van der Waals surface area contributed by atoms with E-state index in [1.54, 1.807) is 11.6 Å². The van der Waals surface area contributed by atoms with Gasteiger partial charge in [0.25, 0.3) is 0 Å². The third kappa shape index (κ3) is 3.46. The molecule has 0 saturated heterocycles. The molecule has 0 unspecified atom stereocenters. The lowest BCUT2D eigenvalue weighted by Crippen LogP contribution is -2.14. The highest BCUT2D eigenvalue weighted by Gasteiger charge is 2.12. The molecule has 0 aliphatic rings. The normalized spacial score (nSPS) is 11.1. The lowest BCUT2D eigenvalue weighted by atomic mass is 10.2. The van der Waals surface area contributed by atoms with Crippen molar-refractivity contribution < 1.29 is 9.53 Å². The van der Waals surface area contributed by atoms with Gasteiger partial charge >= 0.3 is 0 Å². The molecule has 0 saturated carbocycles. The van der Waals surface area contributed by atoms with Gasteiger partial charge in [-0.3, -0.25) is 4.79 Å². The average Bonchev–Trinajstić information content (AvgIpc) is 3.27. The Labute approximate surface area is 156 Å². The van der Waals surface area contributed by atoms with Crippen molar-refractivity contribution in [3.63, 3.8) is 0 Å². The van der Waals surface area contributed by atoms with Gasteiger partial charge in [-0.2, -0.15) is 0 Å². The number of hydrogen-bond acceptors (Lipinski definition) is 8. The van der Waals surface area contributed by atoms with Crippen LogP contribution in [0.25, 0.3) is 22.1 Å². The standard InChI is InChI=1S/C16H14N6O2S2/c1-2-24-9-3-4-11-10(7-9)13-14(18-11)20-16(22-21-13)26-8-12(23)19-15-17-5-6-25-15/h3-7H,2,8H2,1H3,(H,17,19,23)(H,18,20,22). The Kier molecular flexibility index (Phi) is 4.67. The fourth-order valence-corrected chi connectivity index (χ4v) is 3.56. The predicted octanol–water partition coefficient (Wildman–Crippen LogP) is 3.09. The second kappa shape index (κ2) is 7.26. The molecule has 0 spiro atoms. The first-order valence-electron chi connectivity index (χ1n) is 7.84. The molecule has 4 rings (SSSR count). The van der Waals surface area contributed by atoms with Gasteiger partial charge in [-0.15, -0.1) is 21.5 Å². The van der Waals surface area contributed by atoms with Crippen LogP contribution in [0.2, 0.25) is 0 Å². The Morgan fingerprint density at radius 2 is 2.31 bits per heavy atom. The topological polar surface area (TPSA) is 106 Å². The molecule has 0 atom stereocenters. The van der Waals surface area contributed by atoms with Crippen molar-refractivity contribution in [2.75, 3.05) is 17.7 Å². The van der Waals surface area contributed by atoms with Crippen molar-refractivity contribution in [2.45, 2.75) is 12.1 Å². The molecule has 10 heteroatoms. The number of carbonyl (C=O) groups excluding carboxylic acids is 1. The van der Waals surface area contributed by atoms with E-state index in [9.17, 15) is 4.79 Å². The van der Waals surface area contributed by atoms with Gasteiger partial charge in [0.1, 0.15) is 11.3 Å². The highest BCUT2D eigenvalue weighted by Crippen LogP contribution is 2.27. The lowest BCUT2D eigenvalue weighted by Gasteiger charge is -2.02. The first kappa shape index (κ1) is 16.7. The number of nitrogens with one attached hydrogen (secondary N) is 2. The minimum Gasteiger partial charge on any atom is -0.494 e. The first-order valence-corrected chi connectivity index (χ1v) is 9.70. The number of thioether (sulfide) groups is 1. The third-order valence-corrected chi connectivity index (χ3v) is 5.01. The molecule has 0 bridgehead atoms. The summed E-state index contributed by atoms with van der Waals surface area (Å²) in [6, 6.07) is 5.74. The Morgan fingerprint density at radius 3 is 3.12 bits per heavy atom. The summed E-state index contributed by atoms with van der Waals surface area (Å²) in [5.41, 5.74) is 2.22. The molecule has 0 aliphatic heterocycles. The smallest absolute Gasteiger partial charge is 0.236 e. The molecule has 4 aromatic rings. The number of benzene rings is 1. The van der Waals surface area contributed by atoms with E-state index in [1.165, 1.54) is 23.1 Å². The highest BCUT2D eigenvalue weighted by atomic mass is 32.2. The Bertz CT molecular complexity index is 1060. The Morgan fingerprint density at radius 1 is 1.38 bits per heavy atom. The average molecular weight is 386 g/mol. The van der Waals surface area contributed by atoms with Crippen LogP contribution in [0, 0.1) is 0 Å². The van der Waals surface area contributed by atoms with Gasteiger partial charge in [0.2, 0.25) is 11.1 Å². The number of nitrogens with zero attached hydrogens (tertiary/aromatic N) is 4. The maximum absolute atomic E-state index is 11.9. The summed E-state index contributed by atoms with van der Waals surface area (Å²) in [7, 11) is 0. The monoisotopic (exact) mass is 386 g/mol. The van der Waals surface area contributed by atoms with Gasteiger partial charge < -0.3 is 15.0 Å². The van der Waals surface area contributed by atoms with Crippen LogP contribution >= 0.6 is 23.1 Å². The van der Waals surface area contributed by atoms with Crippen molar-refractivity contribution in [3.8, 4) is 5.75 Å². The number of carbonyl (C=O) groups is 1. The summed E-state index contributed by atoms with van der Waals surface area (Å²) >= 11 is 2.59. The van der Waals surface area contributed by atoms with Crippen LogP contribution in [0.1, 0.15) is 6.92 Å². The SMILES string of the molecule is CCOc1ccc2[nH]c3nc(SCC(=O)Nc4nccs4)nnc3c2c1. The van der Waals surface area contributed by atoms with Gasteiger partial charge in [0, 0.05) is 22.5 Å². The largest absolute Gasteiger partial charge is 0.494 e. The molecular weight excluding hydrogens is 372 g/mol. The number of anilines is 1. The van der Waals surface area contributed by atoms with Crippen LogP contribution < -0.4 is 10.1 Å². The van der Waals surface area contributed by atoms with E-state index in [-0.39, 0.29) is 11.7 Å². The predicted molar refractivity (Wildman–Crippen MR) is 102 cm³/mol. The number of H-pyrrole nitrogens is 1. The summed E-state index contributed by atoms with van der Waals surface area (Å²) in [6.45, 7) is 2.54. The van der Waals surface area contributed by atoms with E-state index < -0.39 is 0 Å². The van der Waals surface area contributed by atoms with Crippen molar-refractivity contribution in [2.24, 2.45) is 0 Å². The van der Waals surface area contributed by atoms with Gasteiger partial charge in [-0.05, 0) is 25.1 Å². The second-order valence-corrected chi connectivity index (χ2v) is 7.07. The fourth-order valence-electron chi connectivity index (χ4n) is 2.42. The van der Waals surface area contributed by atoms with Crippen LogP contribution in [0.3, 0.4) is 0 Å². The van der Waals surface area contributed by atoms with Crippen LogP contribution in [-0.4, -0.2) is 43.4 Å². The molecule has 0 radical (unpaired) electrons. The molecule has 1 amide bonds. The van der Waals surface area contributed by atoms with Crippen molar-refractivity contribution in [1.82, 2.24) is 25.1 Å². The number of aromatic amines is 1. The van der Waals surface area contributed by atoms with E-state index in [4.69, 9.17) is 4.74 Å². The molecule has 0 fully saturated rings. The number of aromatic nitrogens is 5. The van der Waals surface area contributed by atoms with Crippen LogP contribution in [0.15, 0.2) is 34.9 Å². The van der Waals surface area contributed by atoms with Gasteiger partial charge in [-0.25, -0.2) is 9.97 Å². The highest BCUT2D eigenvalue weighted by molar-refractivity contribution is 7.99. The van der Waals surface area contributed by atoms with E-state index in [0.717, 1.165) is 16.7 Å². The summed E-state index contributed by atoms with van der Waals surface area (Å²) in [4.78, 5) is 23.6. The number of thiazole rings is 1. The number of ether oxygens (including phenoxy) is 1. The van der Waals surface area contributed by atoms with Crippen LogP contribution in [0.5, 0.6) is 5.75 Å². The van der Waals surface area contributed by atoms with E-state index in [1.807, 2.05) is 25.1 Å². The minimum absolute atomic E-state index is 0.161. The van der Waals surface area contributed by atoms with E-state index in [0.29, 0.717) is 28.1 Å².